The van der Waals surface area contributed by atoms with Crippen molar-refractivity contribution < 1.29 is 14.2 Å². The van der Waals surface area contributed by atoms with Crippen LogP contribution >= 0.6 is 0 Å². The molecule has 0 heterocycles. The van der Waals surface area contributed by atoms with Crippen LogP contribution in [0.2, 0.25) is 0 Å². The summed E-state index contributed by atoms with van der Waals surface area (Å²) in [4.78, 5) is 3.97. The molecule has 0 fully saturated rings. The van der Waals surface area contributed by atoms with Crippen LogP contribution in [-0.2, 0) is 9.47 Å². The summed E-state index contributed by atoms with van der Waals surface area (Å²) in [5.41, 5.74) is 2.18. The van der Waals surface area contributed by atoms with Crippen LogP contribution in [0.1, 0.15) is 12.5 Å². The second-order valence-electron chi connectivity index (χ2n) is 4.69. The Morgan fingerprint density at radius 1 is 1.13 bits per heavy atom. The Labute approximate surface area is 138 Å². The number of hydrogen-bond donors (Lipinski definition) is 0. The van der Waals surface area contributed by atoms with Crippen molar-refractivity contribution in [1.82, 2.24) is 0 Å². The average Bonchev–Trinajstić information content (AvgIpc) is 2.59. The highest BCUT2D eigenvalue weighted by Crippen LogP contribution is 2.15. The van der Waals surface area contributed by atoms with Gasteiger partial charge in [-0.2, -0.15) is 0 Å². The molecule has 0 bridgehead atoms. The molecule has 23 heavy (non-hydrogen) atoms. The van der Waals surface area contributed by atoms with Gasteiger partial charge in [-0.15, -0.1) is 0 Å². The fourth-order valence-corrected chi connectivity index (χ4v) is 1.78. The predicted octanol–water partition coefficient (Wildman–Crippen LogP) is 3.90. The fourth-order valence-electron chi connectivity index (χ4n) is 1.78. The van der Waals surface area contributed by atoms with Gasteiger partial charge in [0.05, 0.1) is 0 Å². The molecule has 124 valence electrons. The van der Waals surface area contributed by atoms with Gasteiger partial charge in [-0.1, -0.05) is 36.4 Å². The topological polar surface area (TPSA) is 40.0 Å². The minimum Gasteiger partial charge on any atom is -0.488 e. The van der Waals surface area contributed by atoms with Crippen molar-refractivity contribution in [2.45, 2.75) is 13.2 Å². The van der Waals surface area contributed by atoms with Crippen LogP contribution in [0.25, 0.3) is 6.08 Å². The summed E-state index contributed by atoms with van der Waals surface area (Å²) in [6, 6.07) is 7.85. The van der Waals surface area contributed by atoms with Gasteiger partial charge in [-0.3, -0.25) is 4.99 Å². The summed E-state index contributed by atoms with van der Waals surface area (Å²) < 4.78 is 15.8. The van der Waals surface area contributed by atoms with E-state index >= 15 is 0 Å². The molecule has 0 N–H and O–H groups in total. The van der Waals surface area contributed by atoms with Crippen LogP contribution in [0.5, 0.6) is 5.75 Å². The Hall–Kier alpha value is -2.17. The fraction of sp³-hybridized carbons (Fsp3) is 0.316. The van der Waals surface area contributed by atoms with E-state index in [9.17, 15) is 0 Å². The van der Waals surface area contributed by atoms with Crippen LogP contribution < -0.4 is 4.74 Å². The molecule has 0 aliphatic carbocycles. The summed E-state index contributed by atoms with van der Waals surface area (Å²) >= 11 is 0. The molecule has 0 aliphatic heterocycles. The molecule has 4 heteroatoms. The third kappa shape index (κ3) is 7.58. The van der Waals surface area contributed by atoms with Crippen LogP contribution in [-0.4, -0.2) is 40.4 Å². The minimum absolute atomic E-state index is 0.354. The number of ether oxygens (including phenoxy) is 3. The summed E-state index contributed by atoms with van der Waals surface area (Å²) in [7, 11) is 4.93. The van der Waals surface area contributed by atoms with Crippen LogP contribution in [0, 0.1) is 0 Å². The third-order valence-corrected chi connectivity index (χ3v) is 3.04. The van der Waals surface area contributed by atoms with E-state index in [4.69, 9.17) is 14.2 Å². The predicted molar refractivity (Wildman–Crippen MR) is 96.1 cm³/mol. The van der Waals surface area contributed by atoms with Gasteiger partial charge in [0.1, 0.15) is 12.4 Å². The number of rotatable bonds is 9. The molecule has 0 aliphatic rings. The Morgan fingerprint density at radius 2 is 1.83 bits per heavy atom. The normalized spacial score (nSPS) is 13.0. The molecule has 0 atom stereocenters. The molecular formula is C19H25NO3. The molecule has 0 spiro atoms. The molecule has 1 rings (SSSR count). The molecule has 1 aromatic rings. The number of allylic oxidation sites excluding steroid dienone is 5. The summed E-state index contributed by atoms with van der Waals surface area (Å²) in [6.07, 6.45) is 11.5. The number of aliphatic imine (C=N–C) groups is 1. The zero-order valence-corrected chi connectivity index (χ0v) is 14.2. The number of benzene rings is 1. The average molecular weight is 315 g/mol. The maximum atomic E-state index is 5.61. The summed E-state index contributed by atoms with van der Waals surface area (Å²) in [5.74, 6) is 0.781. The Balaban J connectivity index is 2.67. The lowest BCUT2D eigenvalue weighted by molar-refractivity contribution is -0.121. The molecular weight excluding hydrogens is 290 g/mol. The first-order valence-electron chi connectivity index (χ1n) is 7.45. The Kier molecular flexibility index (Phi) is 9.36. The van der Waals surface area contributed by atoms with Crippen LogP contribution in [0.15, 0.2) is 59.1 Å². The van der Waals surface area contributed by atoms with Gasteiger partial charge in [0.25, 0.3) is 0 Å². The van der Waals surface area contributed by atoms with Crippen molar-refractivity contribution in [2.75, 3.05) is 27.9 Å². The molecule has 0 saturated carbocycles. The lowest BCUT2D eigenvalue weighted by Gasteiger charge is -2.14. The highest BCUT2D eigenvalue weighted by Gasteiger charge is 2.05. The van der Waals surface area contributed by atoms with Gasteiger partial charge in [0.15, 0.2) is 6.29 Å². The van der Waals surface area contributed by atoms with E-state index < -0.39 is 0 Å². The maximum Gasteiger partial charge on any atom is 0.191 e. The molecule has 0 amide bonds. The van der Waals surface area contributed by atoms with E-state index in [1.54, 1.807) is 27.5 Å². The Morgan fingerprint density at radius 3 is 2.39 bits per heavy atom. The molecule has 0 radical (unpaired) electrons. The van der Waals surface area contributed by atoms with Crippen molar-refractivity contribution in [2.24, 2.45) is 4.99 Å². The second-order valence-corrected chi connectivity index (χ2v) is 4.69. The van der Waals surface area contributed by atoms with Crippen molar-refractivity contribution >= 4 is 12.3 Å². The first kappa shape index (κ1) is 18.9. The van der Waals surface area contributed by atoms with E-state index in [1.165, 1.54) is 0 Å². The molecule has 1 aromatic carbocycles. The van der Waals surface area contributed by atoms with Gasteiger partial charge in [-0.25, -0.2) is 0 Å². The highest BCUT2D eigenvalue weighted by atomic mass is 16.7. The third-order valence-electron chi connectivity index (χ3n) is 3.04. The largest absolute Gasteiger partial charge is 0.488 e. The highest BCUT2D eigenvalue weighted by molar-refractivity contribution is 5.74. The first-order valence-corrected chi connectivity index (χ1v) is 7.45. The molecule has 4 nitrogen and oxygen atoms in total. The standard InChI is InChI=1S/C19H25NO3/c1-5-6-16(13-14-20-2)7-8-17-9-11-18(12-10-17)23-15-19(21-3)22-4/h5-14,19H,15H2,1-4H3/b6-5-,8-7-,16-13+,20-14?. The lowest BCUT2D eigenvalue weighted by atomic mass is 10.1. The minimum atomic E-state index is -0.358. The van der Waals surface area contributed by atoms with Crippen molar-refractivity contribution in [3.05, 3.63) is 59.7 Å². The van der Waals surface area contributed by atoms with Crippen LogP contribution in [0.3, 0.4) is 0 Å². The molecule has 0 aromatic heterocycles. The maximum absolute atomic E-state index is 5.61. The van der Waals surface area contributed by atoms with E-state index in [0.717, 1.165) is 16.9 Å². The zero-order chi connectivity index (χ0) is 16.9. The number of methoxy groups -OCH3 is 2. The SMILES string of the molecule is C\C=C/C(/C=C\c1ccc(OCC(OC)OC)cc1)=C\C=NC. The van der Waals surface area contributed by atoms with Crippen molar-refractivity contribution in [3.63, 3.8) is 0 Å². The summed E-state index contributed by atoms with van der Waals surface area (Å²) in [5, 5.41) is 0. The van der Waals surface area contributed by atoms with Crippen molar-refractivity contribution in [3.8, 4) is 5.75 Å². The van der Waals surface area contributed by atoms with E-state index in [2.05, 4.69) is 4.99 Å². The van der Waals surface area contributed by atoms with Crippen LogP contribution in [0.4, 0.5) is 0 Å². The number of hydrogen-bond acceptors (Lipinski definition) is 4. The monoisotopic (exact) mass is 315 g/mol. The van der Waals surface area contributed by atoms with Gasteiger partial charge < -0.3 is 14.2 Å². The van der Waals surface area contributed by atoms with E-state index in [0.29, 0.717) is 6.61 Å². The van der Waals surface area contributed by atoms with E-state index in [1.807, 2.05) is 61.6 Å². The number of nitrogens with zero attached hydrogens (tertiary/aromatic N) is 1. The second kappa shape index (κ2) is 11.4. The zero-order valence-electron chi connectivity index (χ0n) is 14.2. The molecule has 0 saturated heterocycles. The van der Waals surface area contributed by atoms with Gasteiger partial charge in [-0.05, 0) is 36.3 Å². The van der Waals surface area contributed by atoms with Gasteiger partial charge in [0, 0.05) is 27.5 Å². The Bertz CT molecular complexity index is 552. The lowest BCUT2D eigenvalue weighted by Crippen LogP contribution is -2.21. The smallest absolute Gasteiger partial charge is 0.191 e. The summed E-state index contributed by atoms with van der Waals surface area (Å²) in [6.45, 7) is 2.34. The first-order chi connectivity index (χ1) is 11.2. The van der Waals surface area contributed by atoms with Gasteiger partial charge in [0.2, 0.25) is 0 Å². The molecule has 0 unspecified atom stereocenters. The van der Waals surface area contributed by atoms with Gasteiger partial charge >= 0.3 is 0 Å². The van der Waals surface area contributed by atoms with Crippen molar-refractivity contribution in [1.29, 1.82) is 0 Å². The van der Waals surface area contributed by atoms with E-state index in [-0.39, 0.29) is 6.29 Å². The quantitative estimate of drug-likeness (QED) is 0.394.